The average Bonchev–Trinajstić information content (AvgIpc) is 2.31. The number of amides is 1. The van der Waals surface area contributed by atoms with Crippen LogP contribution in [-0.2, 0) is 4.79 Å². The van der Waals surface area contributed by atoms with Crippen LogP contribution in [0.2, 0.25) is 0 Å². The van der Waals surface area contributed by atoms with Gasteiger partial charge in [0.25, 0.3) is 0 Å². The molecule has 1 saturated heterocycles. The summed E-state index contributed by atoms with van der Waals surface area (Å²) in [5.41, 5.74) is 5.79. The van der Waals surface area contributed by atoms with Crippen LogP contribution in [0.25, 0.3) is 0 Å². The van der Waals surface area contributed by atoms with Gasteiger partial charge in [-0.2, -0.15) is 0 Å². The average molecular weight is 241 g/mol. The predicted molar refractivity (Wildman–Crippen MR) is 70.8 cm³/mol. The van der Waals surface area contributed by atoms with Crippen molar-refractivity contribution in [3.63, 3.8) is 0 Å². The summed E-state index contributed by atoms with van der Waals surface area (Å²) in [5, 5.41) is 3.02. The summed E-state index contributed by atoms with van der Waals surface area (Å²) in [6.07, 6.45) is 4.50. The highest BCUT2D eigenvalue weighted by molar-refractivity contribution is 5.78. The van der Waals surface area contributed by atoms with E-state index in [1.807, 2.05) is 6.92 Å². The van der Waals surface area contributed by atoms with Crippen LogP contribution in [0.5, 0.6) is 0 Å². The highest BCUT2D eigenvalue weighted by atomic mass is 16.2. The van der Waals surface area contributed by atoms with Crippen molar-refractivity contribution in [2.24, 2.45) is 5.73 Å². The first kappa shape index (κ1) is 14.5. The number of piperidine rings is 1. The minimum absolute atomic E-state index is 0.131. The van der Waals surface area contributed by atoms with Crippen molar-refractivity contribution < 1.29 is 4.79 Å². The fraction of sp³-hybridized carbons (Fsp3) is 0.923. The van der Waals surface area contributed by atoms with Crippen LogP contribution in [0, 0.1) is 0 Å². The third-order valence-corrected chi connectivity index (χ3v) is 3.81. The number of hydrogen-bond donors (Lipinski definition) is 2. The van der Waals surface area contributed by atoms with E-state index < -0.39 is 0 Å². The van der Waals surface area contributed by atoms with Gasteiger partial charge >= 0.3 is 0 Å². The Labute approximate surface area is 105 Å². The number of nitrogens with two attached hydrogens (primary N) is 1. The molecule has 1 rings (SSSR count). The van der Waals surface area contributed by atoms with Gasteiger partial charge in [0, 0.05) is 24.7 Å². The molecule has 1 fully saturated rings. The molecule has 0 spiro atoms. The molecule has 100 valence electrons. The maximum atomic E-state index is 11.9. The summed E-state index contributed by atoms with van der Waals surface area (Å²) in [4.78, 5) is 14.2. The highest BCUT2D eigenvalue weighted by Crippen LogP contribution is 2.21. The van der Waals surface area contributed by atoms with Gasteiger partial charge in [0.15, 0.2) is 0 Å². The largest absolute Gasteiger partial charge is 0.353 e. The first-order valence-corrected chi connectivity index (χ1v) is 6.83. The van der Waals surface area contributed by atoms with Crippen LogP contribution >= 0.6 is 0 Å². The Balaban J connectivity index is 2.48. The minimum Gasteiger partial charge on any atom is -0.353 e. The molecule has 17 heavy (non-hydrogen) atoms. The van der Waals surface area contributed by atoms with Gasteiger partial charge in [0.2, 0.25) is 5.91 Å². The van der Waals surface area contributed by atoms with Gasteiger partial charge in [-0.25, -0.2) is 0 Å². The molecule has 0 radical (unpaired) electrons. The van der Waals surface area contributed by atoms with Gasteiger partial charge in [-0.1, -0.05) is 13.3 Å². The fourth-order valence-corrected chi connectivity index (χ4v) is 2.47. The molecular weight excluding hydrogens is 214 g/mol. The van der Waals surface area contributed by atoms with E-state index in [0.717, 1.165) is 12.8 Å². The smallest absolute Gasteiger partial charge is 0.234 e. The van der Waals surface area contributed by atoms with Crippen molar-refractivity contribution in [1.82, 2.24) is 10.2 Å². The molecule has 4 nitrogen and oxygen atoms in total. The molecule has 0 saturated carbocycles. The predicted octanol–water partition coefficient (Wildman–Crippen LogP) is 1.10. The molecule has 1 aliphatic rings. The lowest BCUT2D eigenvalue weighted by atomic mass is 9.96. The number of nitrogens with zero attached hydrogens (tertiary/aromatic N) is 1. The summed E-state index contributed by atoms with van der Waals surface area (Å²) in [6, 6.07) is 1.11. The van der Waals surface area contributed by atoms with E-state index in [-0.39, 0.29) is 11.9 Å². The first-order chi connectivity index (χ1) is 8.08. The molecule has 0 aliphatic carbocycles. The summed E-state index contributed by atoms with van der Waals surface area (Å²) in [7, 11) is 0. The van der Waals surface area contributed by atoms with Gasteiger partial charge < -0.3 is 11.1 Å². The summed E-state index contributed by atoms with van der Waals surface area (Å²) < 4.78 is 0. The second-order valence-electron chi connectivity index (χ2n) is 5.22. The molecule has 0 aromatic carbocycles. The van der Waals surface area contributed by atoms with Gasteiger partial charge in [-0.05, 0) is 33.1 Å². The van der Waals surface area contributed by atoms with Crippen molar-refractivity contribution in [3.05, 3.63) is 0 Å². The maximum Gasteiger partial charge on any atom is 0.234 e. The van der Waals surface area contributed by atoms with Crippen LogP contribution in [0.3, 0.4) is 0 Å². The van der Waals surface area contributed by atoms with Crippen molar-refractivity contribution in [2.75, 3.05) is 13.1 Å². The Kier molecular flexibility index (Phi) is 5.92. The van der Waals surface area contributed by atoms with E-state index in [2.05, 4.69) is 24.1 Å². The summed E-state index contributed by atoms with van der Waals surface area (Å²) in [5.74, 6) is 0.131. The third kappa shape index (κ3) is 4.28. The number of likely N-dealkylation sites (tertiary alicyclic amines) is 1. The molecule has 1 amide bonds. The number of nitrogens with one attached hydrogen (secondary N) is 1. The number of carbonyl (C=O) groups excluding carboxylic acids is 1. The molecule has 0 bridgehead atoms. The van der Waals surface area contributed by atoms with Gasteiger partial charge in [0.1, 0.15) is 0 Å². The van der Waals surface area contributed by atoms with Crippen molar-refractivity contribution in [1.29, 1.82) is 0 Å². The van der Waals surface area contributed by atoms with E-state index >= 15 is 0 Å². The Morgan fingerprint density at radius 2 is 2.24 bits per heavy atom. The number of hydrogen-bond acceptors (Lipinski definition) is 3. The Morgan fingerprint density at radius 1 is 1.53 bits per heavy atom. The number of rotatable bonds is 5. The molecule has 0 aromatic heterocycles. The van der Waals surface area contributed by atoms with Crippen LogP contribution in [-0.4, -0.2) is 42.0 Å². The summed E-state index contributed by atoms with van der Waals surface area (Å²) >= 11 is 0. The van der Waals surface area contributed by atoms with E-state index in [1.165, 1.54) is 12.8 Å². The van der Waals surface area contributed by atoms with E-state index in [1.54, 1.807) is 0 Å². The van der Waals surface area contributed by atoms with Gasteiger partial charge in [-0.3, -0.25) is 9.69 Å². The van der Waals surface area contributed by atoms with Crippen molar-refractivity contribution in [3.8, 4) is 0 Å². The summed E-state index contributed by atoms with van der Waals surface area (Å²) in [6.45, 7) is 7.46. The molecular formula is C13H27N3O. The second kappa shape index (κ2) is 6.97. The van der Waals surface area contributed by atoms with E-state index in [0.29, 0.717) is 25.2 Å². The molecule has 1 heterocycles. The van der Waals surface area contributed by atoms with Crippen molar-refractivity contribution in [2.45, 2.75) is 64.6 Å². The fourth-order valence-electron chi connectivity index (χ4n) is 2.47. The lowest BCUT2D eigenvalue weighted by molar-refractivity contribution is -0.124. The number of carbonyl (C=O) groups is 1. The van der Waals surface area contributed by atoms with Crippen LogP contribution in [0.4, 0.5) is 0 Å². The third-order valence-electron chi connectivity index (χ3n) is 3.81. The Bertz CT molecular complexity index is 245. The zero-order chi connectivity index (χ0) is 12.8. The Morgan fingerprint density at radius 3 is 2.82 bits per heavy atom. The maximum absolute atomic E-state index is 11.9. The monoisotopic (exact) mass is 241 g/mol. The van der Waals surface area contributed by atoms with Gasteiger partial charge in [-0.15, -0.1) is 0 Å². The molecule has 1 aliphatic heterocycles. The topological polar surface area (TPSA) is 58.4 Å². The standard InChI is InChI=1S/C13H27N3O/c1-4-10(2)15-13(17)9-16-11(3)6-5-7-12(16)8-14/h10-12H,4-9,14H2,1-3H3,(H,15,17). The first-order valence-electron chi connectivity index (χ1n) is 6.83. The van der Waals surface area contributed by atoms with E-state index in [4.69, 9.17) is 5.73 Å². The van der Waals surface area contributed by atoms with Crippen LogP contribution < -0.4 is 11.1 Å². The SMILES string of the molecule is CCC(C)NC(=O)CN1C(C)CCCC1CN. The van der Waals surface area contributed by atoms with E-state index in [9.17, 15) is 4.79 Å². The van der Waals surface area contributed by atoms with Gasteiger partial charge in [0.05, 0.1) is 6.54 Å². The molecule has 4 heteroatoms. The zero-order valence-electron chi connectivity index (χ0n) is 11.4. The normalized spacial score (nSPS) is 27.8. The Hall–Kier alpha value is -0.610. The van der Waals surface area contributed by atoms with Crippen LogP contribution in [0.1, 0.15) is 46.5 Å². The molecule has 3 unspecified atom stereocenters. The molecule has 0 aromatic rings. The quantitative estimate of drug-likeness (QED) is 0.758. The van der Waals surface area contributed by atoms with Crippen molar-refractivity contribution >= 4 is 5.91 Å². The highest BCUT2D eigenvalue weighted by Gasteiger charge is 2.28. The lowest BCUT2D eigenvalue weighted by Crippen LogP contribution is -2.53. The minimum atomic E-state index is 0.131. The lowest BCUT2D eigenvalue weighted by Gasteiger charge is -2.39. The van der Waals surface area contributed by atoms with Crippen LogP contribution in [0.15, 0.2) is 0 Å². The second-order valence-corrected chi connectivity index (χ2v) is 5.22. The molecule has 3 atom stereocenters. The zero-order valence-corrected chi connectivity index (χ0v) is 11.4. The molecule has 3 N–H and O–H groups in total.